The Morgan fingerprint density at radius 2 is 1.69 bits per heavy atom. The summed E-state index contributed by atoms with van der Waals surface area (Å²) in [6.07, 6.45) is 1.32. The Balaban J connectivity index is 2.10. The fourth-order valence-corrected chi connectivity index (χ4v) is 5.16. The largest absolute Gasteiger partial charge is 0.505 e. The number of anilines is 1. The number of amides is 1. The minimum absolute atomic E-state index is 0.0569. The fraction of sp³-hybridized carbons (Fsp3) is 0.300. The van der Waals surface area contributed by atoms with E-state index in [1.54, 1.807) is 6.07 Å². The third-order valence-corrected chi connectivity index (χ3v) is 7.10. The molecular formula is C20H24N2O8S2. The summed E-state index contributed by atoms with van der Waals surface area (Å²) in [4.78, 5) is 23.2. The average Bonchev–Trinajstić information content (AvgIpc) is 2.65. The molecule has 174 valence electrons. The topological polar surface area (TPSA) is 156 Å². The number of aromatic hydroxyl groups is 1. The number of phenols is 1. The van der Waals surface area contributed by atoms with E-state index in [0.29, 0.717) is 18.1 Å². The maximum Gasteiger partial charge on any atom is 0.262 e. The van der Waals surface area contributed by atoms with Crippen LogP contribution in [0, 0.1) is 0 Å². The van der Waals surface area contributed by atoms with Gasteiger partial charge in [-0.25, -0.2) is 16.8 Å². The van der Waals surface area contributed by atoms with Crippen LogP contribution in [-0.4, -0.2) is 47.0 Å². The molecular weight excluding hydrogens is 460 g/mol. The van der Waals surface area contributed by atoms with Gasteiger partial charge in [0, 0.05) is 11.1 Å². The molecule has 0 aromatic heterocycles. The molecule has 0 saturated heterocycles. The normalized spacial score (nSPS) is 12.2. The quantitative estimate of drug-likeness (QED) is 0.378. The van der Waals surface area contributed by atoms with Gasteiger partial charge in [0.1, 0.15) is 17.8 Å². The van der Waals surface area contributed by atoms with E-state index in [1.807, 2.05) is 20.8 Å². The Kier molecular flexibility index (Phi) is 7.33. The first-order chi connectivity index (χ1) is 14.6. The SMILES string of the molecule is CC(C)(C)c1cc(C=O)cc(NC(=O)COc2ccc(S(=O)(=O)NS(C)(=O)=O)cc2)c1O. The minimum Gasteiger partial charge on any atom is -0.505 e. The van der Waals surface area contributed by atoms with Crippen molar-refractivity contribution in [3.8, 4) is 11.5 Å². The molecule has 0 aliphatic carbocycles. The Bertz CT molecular complexity index is 1230. The van der Waals surface area contributed by atoms with Crippen molar-refractivity contribution in [1.29, 1.82) is 0 Å². The van der Waals surface area contributed by atoms with Gasteiger partial charge in [0.15, 0.2) is 6.61 Å². The van der Waals surface area contributed by atoms with Gasteiger partial charge < -0.3 is 15.2 Å². The van der Waals surface area contributed by atoms with Crippen LogP contribution in [0.3, 0.4) is 0 Å². The smallest absolute Gasteiger partial charge is 0.262 e. The molecule has 2 aromatic rings. The molecule has 0 aliphatic heterocycles. The minimum atomic E-state index is -4.26. The van der Waals surface area contributed by atoms with Crippen molar-refractivity contribution in [1.82, 2.24) is 4.13 Å². The lowest BCUT2D eigenvalue weighted by Gasteiger charge is -2.22. The van der Waals surface area contributed by atoms with E-state index in [-0.39, 0.29) is 27.6 Å². The van der Waals surface area contributed by atoms with Crippen LogP contribution in [0.2, 0.25) is 0 Å². The molecule has 10 nitrogen and oxygen atoms in total. The molecule has 0 aliphatic rings. The van der Waals surface area contributed by atoms with Crippen LogP contribution in [0.15, 0.2) is 41.3 Å². The summed E-state index contributed by atoms with van der Waals surface area (Å²) in [7, 11) is -8.24. The number of nitrogens with one attached hydrogen (secondary N) is 2. The van der Waals surface area contributed by atoms with Crippen LogP contribution in [-0.2, 0) is 30.3 Å². The van der Waals surface area contributed by atoms with Gasteiger partial charge in [-0.3, -0.25) is 9.59 Å². The van der Waals surface area contributed by atoms with E-state index in [0.717, 1.165) is 12.1 Å². The molecule has 12 heteroatoms. The summed E-state index contributed by atoms with van der Waals surface area (Å²) in [5.41, 5.74) is 0.343. The highest BCUT2D eigenvalue weighted by atomic mass is 32.3. The van der Waals surface area contributed by atoms with E-state index < -0.39 is 38.0 Å². The number of carbonyl (C=O) groups is 2. The highest BCUT2D eigenvalue weighted by molar-refractivity contribution is 8.04. The second-order valence-electron chi connectivity index (χ2n) is 8.00. The lowest BCUT2D eigenvalue weighted by molar-refractivity contribution is -0.118. The fourth-order valence-electron chi connectivity index (χ4n) is 2.69. The van der Waals surface area contributed by atoms with Gasteiger partial charge in [-0.15, -0.1) is 4.13 Å². The number of hydrogen-bond donors (Lipinski definition) is 3. The highest BCUT2D eigenvalue weighted by Gasteiger charge is 2.22. The molecule has 0 atom stereocenters. The number of phenolic OH excluding ortho intramolecular Hbond substituents is 1. The number of sulfonamides is 2. The van der Waals surface area contributed by atoms with Crippen molar-refractivity contribution in [3.05, 3.63) is 47.5 Å². The Morgan fingerprint density at radius 3 is 2.19 bits per heavy atom. The second-order valence-corrected chi connectivity index (χ2v) is 11.7. The summed E-state index contributed by atoms with van der Waals surface area (Å²) in [6, 6.07) is 7.64. The Labute approximate surface area is 186 Å². The van der Waals surface area contributed by atoms with Crippen LogP contribution in [0.1, 0.15) is 36.7 Å². The first-order valence-corrected chi connectivity index (χ1v) is 12.6. The van der Waals surface area contributed by atoms with E-state index in [4.69, 9.17) is 4.74 Å². The molecule has 2 aromatic carbocycles. The molecule has 0 heterocycles. The van der Waals surface area contributed by atoms with Crippen molar-refractivity contribution in [2.45, 2.75) is 31.1 Å². The third kappa shape index (κ3) is 6.77. The first kappa shape index (κ1) is 25.3. The van der Waals surface area contributed by atoms with Gasteiger partial charge in [-0.05, 0) is 41.8 Å². The maximum absolute atomic E-state index is 12.3. The van der Waals surface area contributed by atoms with Crippen molar-refractivity contribution < 1.29 is 36.3 Å². The van der Waals surface area contributed by atoms with Crippen molar-refractivity contribution >= 4 is 37.9 Å². The predicted octanol–water partition coefficient (Wildman–Crippen LogP) is 1.76. The Hall–Kier alpha value is -2.96. The predicted molar refractivity (Wildman–Crippen MR) is 118 cm³/mol. The van der Waals surface area contributed by atoms with Crippen LogP contribution < -0.4 is 14.2 Å². The van der Waals surface area contributed by atoms with Crippen molar-refractivity contribution in [2.75, 3.05) is 18.2 Å². The summed E-state index contributed by atoms with van der Waals surface area (Å²) < 4.78 is 53.1. The van der Waals surface area contributed by atoms with E-state index in [9.17, 15) is 31.5 Å². The lowest BCUT2D eigenvalue weighted by Crippen LogP contribution is -2.29. The first-order valence-electron chi connectivity index (χ1n) is 9.21. The monoisotopic (exact) mass is 484 g/mol. The summed E-state index contributed by atoms with van der Waals surface area (Å²) in [5, 5.41) is 13.0. The van der Waals surface area contributed by atoms with Crippen molar-refractivity contribution in [2.24, 2.45) is 0 Å². The summed E-state index contributed by atoms with van der Waals surface area (Å²) >= 11 is 0. The lowest BCUT2D eigenvalue weighted by atomic mass is 9.85. The van der Waals surface area contributed by atoms with Crippen LogP contribution in [0.4, 0.5) is 5.69 Å². The van der Waals surface area contributed by atoms with Crippen molar-refractivity contribution in [3.63, 3.8) is 0 Å². The van der Waals surface area contributed by atoms with Gasteiger partial charge in [0.05, 0.1) is 16.8 Å². The molecule has 0 unspecified atom stereocenters. The molecule has 3 N–H and O–H groups in total. The van der Waals surface area contributed by atoms with Gasteiger partial charge in [0.25, 0.3) is 15.9 Å². The number of rotatable bonds is 8. The highest BCUT2D eigenvalue weighted by Crippen LogP contribution is 2.37. The van der Waals surface area contributed by atoms with E-state index in [2.05, 4.69) is 5.32 Å². The zero-order valence-corrected chi connectivity index (χ0v) is 19.5. The maximum atomic E-state index is 12.3. The third-order valence-electron chi connectivity index (χ3n) is 4.12. The van der Waals surface area contributed by atoms with Gasteiger partial charge in [-0.2, -0.15) is 0 Å². The molecule has 1 amide bonds. The van der Waals surface area contributed by atoms with Crippen LogP contribution in [0.25, 0.3) is 0 Å². The number of benzene rings is 2. The number of hydrogen-bond acceptors (Lipinski definition) is 8. The number of ether oxygens (including phenoxy) is 1. The Morgan fingerprint density at radius 1 is 1.09 bits per heavy atom. The average molecular weight is 485 g/mol. The van der Waals surface area contributed by atoms with E-state index >= 15 is 0 Å². The molecule has 0 fully saturated rings. The van der Waals surface area contributed by atoms with Gasteiger partial charge in [-0.1, -0.05) is 20.8 Å². The zero-order chi connectivity index (χ0) is 24.3. The van der Waals surface area contributed by atoms with Crippen LogP contribution in [0.5, 0.6) is 11.5 Å². The molecule has 32 heavy (non-hydrogen) atoms. The standard InChI is InChI=1S/C20H24N2O8S2/c1-20(2,3)16-9-13(11-23)10-17(19(16)25)21-18(24)12-30-14-5-7-15(8-6-14)32(28,29)22-31(4,26)27/h5-11,22,25H,12H2,1-4H3,(H,21,24). The molecule has 0 radical (unpaired) electrons. The second kappa shape index (κ2) is 9.27. The van der Waals surface area contributed by atoms with Gasteiger partial charge >= 0.3 is 0 Å². The zero-order valence-electron chi connectivity index (χ0n) is 17.9. The number of carbonyl (C=O) groups excluding carboxylic acids is 2. The summed E-state index contributed by atoms with van der Waals surface area (Å²) in [5.74, 6) is -0.636. The molecule has 2 rings (SSSR count). The van der Waals surface area contributed by atoms with Gasteiger partial charge in [0.2, 0.25) is 10.0 Å². The van der Waals surface area contributed by atoms with E-state index in [1.165, 1.54) is 22.3 Å². The number of aldehydes is 1. The summed E-state index contributed by atoms with van der Waals surface area (Å²) in [6.45, 7) is 5.07. The molecule has 0 bridgehead atoms. The molecule has 0 spiro atoms. The molecule has 0 saturated carbocycles. The van der Waals surface area contributed by atoms with Crippen LogP contribution >= 0.6 is 0 Å².